The Morgan fingerprint density at radius 3 is 2.35 bits per heavy atom. The van der Waals surface area contributed by atoms with Crippen LogP contribution in [0, 0.1) is 35.5 Å². The van der Waals surface area contributed by atoms with Gasteiger partial charge in [0.25, 0.3) is 11.7 Å². The van der Waals surface area contributed by atoms with E-state index in [1.54, 1.807) is 48.1 Å². The molecule has 1 amide bonds. The molecule has 4 heterocycles. The Bertz CT molecular complexity index is 2310. The molecule has 0 radical (unpaired) electrons. The zero-order chi connectivity index (χ0) is 58.5. The second kappa shape index (κ2) is 33.1. The Kier molecular flexibility index (Phi) is 27.6. The van der Waals surface area contributed by atoms with Gasteiger partial charge in [-0.05, 0) is 130 Å². The smallest absolute Gasteiger partial charge is 0.460 e. The number of carbonyl (C=O) groups is 6. The number of hydrogen-bond donors (Lipinski definition) is 3. The predicted octanol–water partition coefficient (Wildman–Crippen LogP) is 8.54. The summed E-state index contributed by atoms with van der Waals surface area (Å²) in [6, 6.07) is 4.45. The third kappa shape index (κ3) is 19.7. The first-order chi connectivity index (χ1) is 38.2. The first-order valence-electron chi connectivity index (χ1n) is 28.4. The monoisotopic (exact) mass is 1160 g/mol. The van der Waals surface area contributed by atoms with Gasteiger partial charge in [-0.15, -0.1) is 0 Å². The van der Waals surface area contributed by atoms with Gasteiger partial charge in [0.15, 0.2) is 5.78 Å². The van der Waals surface area contributed by atoms with Crippen molar-refractivity contribution in [3.8, 4) is 0 Å². The average molecular weight is 1160 g/mol. The molecule has 1 aromatic heterocycles. The van der Waals surface area contributed by atoms with Crippen LogP contribution in [-0.2, 0) is 57.1 Å². The van der Waals surface area contributed by atoms with Gasteiger partial charge in [0.1, 0.15) is 48.4 Å². The molecule has 3 fully saturated rings. The number of aliphatic hydroxyl groups excluding tert-OH is 2. The van der Waals surface area contributed by atoms with Crippen molar-refractivity contribution in [2.45, 2.75) is 185 Å². The van der Waals surface area contributed by atoms with E-state index in [4.69, 9.17) is 33.2 Å². The highest BCUT2D eigenvalue weighted by Crippen LogP contribution is 2.38. The van der Waals surface area contributed by atoms with Crippen LogP contribution in [0.4, 0.5) is 4.79 Å². The van der Waals surface area contributed by atoms with E-state index < -0.39 is 95.6 Å². The number of aromatic nitrogens is 1. The number of cyclic esters (lactones) is 1. The number of amides is 1. The van der Waals surface area contributed by atoms with E-state index in [9.17, 15) is 44.1 Å². The molecule has 446 valence electrons. The van der Waals surface area contributed by atoms with Gasteiger partial charge < -0.3 is 53.4 Å². The molecule has 20 heteroatoms. The summed E-state index contributed by atoms with van der Waals surface area (Å²) in [5.74, 6) is -8.36. The van der Waals surface area contributed by atoms with Gasteiger partial charge >= 0.3 is 12.1 Å². The highest BCUT2D eigenvalue weighted by Gasteiger charge is 2.53. The summed E-state index contributed by atoms with van der Waals surface area (Å²) in [5.41, 5.74) is 1.08. The van der Waals surface area contributed by atoms with Crippen LogP contribution in [0.3, 0.4) is 0 Å². The van der Waals surface area contributed by atoms with Crippen molar-refractivity contribution in [2.75, 3.05) is 46.3 Å². The maximum atomic E-state index is 14.6. The molecule has 1 saturated carbocycles. The number of rotatable bonds is 14. The van der Waals surface area contributed by atoms with Gasteiger partial charge in [-0.1, -0.05) is 87.9 Å². The Labute approximate surface area is 480 Å². The molecular weight excluding hydrogens is 1070 g/mol. The Balaban J connectivity index is 1.31. The summed E-state index contributed by atoms with van der Waals surface area (Å²) in [6.45, 7) is 12.6. The molecule has 1 aromatic rings. The first kappa shape index (κ1) is 66.5. The van der Waals surface area contributed by atoms with Crippen molar-refractivity contribution in [1.29, 1.82) is 0 Å². The molecule has 0 spiro atoms. The third-order valence-electron chi connectivity index (χ3n) is 16.0. The molecule has 4 aliphatic rings. The number of carbonyl (C=O) groups excluding carboxylic acids is 6. The number of piperidine rings is 1. The minimum Gasteiger partial charge on any atom is -0.460 e. The van der Waals surface area contributed by atoms with Crippen LogP contribution in [0.15, 0.2) is 77.0 Å². The maximum Gasteiger partial charge on any atom is 0.508 e. The lowest BCUT2D eigenvalue weighted by molar-refractivity contribution is -0.265. The highest BCUT2D eigenvalue weighted by molar-refractivity contribution is 8.76. The van der Waals surface area contributed by atoms with Crippen LogP contribution in [0.25, 0.3) is 0 Å². The van der Waals surface area contributed by atoms with Crippen molar-refractivity contribution >= 4 is 57.0 Å². The molecule has 5 rings (SSSR count). The molecular formula is C60H88N2O16S2. The number of ketones is 3. The van der Waals surface area contributed by atoms with E-state index in [0.29, 0.717) is 63.5 Å². The van der Waals surface area contributed by atoms with Crippen molar-refractivity contribution in [1.82, 2.24) is 9.88 Å². The van der Waals surface area contributed by atoms with Crippen LogP contribution >= 0.6 is 21.6 Å². The second-order valence-electron chi connectivity index (χ2n) is 22.2. The summed E-state index contributed by atoms with van der Waals surface area (Å²) >= 11 is 0. The van der Waals surface area contributed by atoms with Crippen LogP contribution in [-0.4, -0.2) is 161 Å². The normalized spacial score (nSPS) is 33.8. The van der Waals surface area contributed by atoms with Gasteiger partial charge in [0, 0.05) is 63.3 Å². The van der Waals surface area contributed by atoms with Crippen LogP contribution in [0.1, 0.15) is 126 Å². The van der Waals surface area contributed by atoms with Gasteiger partial charge in [-0.2, -0.15) is 0 Å². The van der Waals surface area contributed by atoms with Gasteiger partial charge in [-0.3, -0.25) is 19.2 Å². The highest BCUT2D eigenvalue weighted by atomic mass is 33.1. The van der Waals surface area contributed by atoms with Crippen LogP contribution in [0.5, 0.6) is 0 Å². The zero-order valence-electron chi connectivity index (χ0n) is 48.2. The first-order valence-corrected chi connectivity index (χ1v) is 30.7. The van der Waals surface area contributed by atoms with Crippen LogP contribution in [0.2, 0.25) is 0 Å². The fourth-order valence-corrected chi connectivity index (χ4v) is 12.8. The minimum absolute atomic E-state index is 0.0117. The number of methoxy groups -OCH3 is 2. The Morgan fingerprint density at radius 2 is 1.62 bits per heavy atom. The summed E-state index contributed by atoms with van der Waals surface area (Å²) in [4.78, 5) is 88.7. The van der Waals surface area contributed by atoms with Gasteiger partial charge in [-0.25, -0.2) is 14.6 Å². The lowest BCUT2D eigenvalue weighted by atomic mass is 9.78. The molecule has 2 bridgehead atoms. The quantitative estimate of drug-likeness (QED) is 0.0519. The van der Waals surface area contributed by atoms with Gasteiger partial charge in [0.05, 0.1) is 31.0 Å². The average Bonchev–Trinajstić information content (AvgIpc) is 3.49. The van der Waals surface area contributed by atoms with E-state index in [1.165, 1.54) is 32.6 Å². The largest absolute Gasteiger partial charge is 0.508 e. The van der Waals surface area contributed by atoms with E-state index in [1.807, 2.05) is 69.4 Å². The standard InChI is InChI=1S/C60H88N2O16S2/c1-37-17-11-10-12-18-38(2)49(72-8)35-45-23-21-43(7)60(71,78-45)56(67)57(68)62-26-16-14-19-46(62)58(69)77-50(36-47(63)39(3)32-42(6)54(65)55(66)53(64)41(5)31-37)40(4)33-44-22-24-48(51(34-44)73-9)74-27-28-75-59(70)76-29-30-79-80-52-20-13-15-25-61-52/h10-13,15,17-18,20,25,32,37,39-41,43-46,48-51,54-55,65-66,71H,14,16,19,21-24,26-31,33-36H2,1-9H3/b12-10?,17-11+,38-18?,42-32+/t37-,39-,40-,41-,43-,44+,45+,46+,48-,49+,50+,51-,54-,55+,60-/m1/s1. The van der Waals surface area contributed by atoms with E-state index in [-0.39, 0.29) is 81.0 Å². The van der Waals surface area contributed by atoms with Crippen molar-refractivity contribution in [3.63, 3.8) is 0 Å². The summed E-state index contributed by atoms with van der Waals surface area (Å²) < 4.78 is 40.8. The van der Waals surface area contributed by atoms with Gasteiger partial charge in [0.2, 0.25) is 5.79 Å². The zero-order valence-corrected chi connectivity index (χ0v) is 49.9. The lowest BCUT2D eigenvalue weighted by Crippen LogP contribution is -2.61. The molecule has 80 heavy (non-hydrogen) atoms. The maximum absolute atomic E-state index is 14.6. The summed E-state index contributed by atoms with van der Waals surface area (Å²) in [6.07, 6.45) is 10.8. The number of fused-ring (bicyclic) bond motifs is 3. The number of esters is 1. The molecule has 3 N–H and O–H groups in total. The summed E-state index contributed by atoms with van der Waals surface area (Å²) in [7, 11) is 6.17. The molecule has 1 aliphatic carbocycles. The Hall–Kier alpha value is -4.25. The number of hydrogen-bond acceptors (Lipinski definition) is 19. The fraction of sp³-hybridized carbons (Fsp3) is 0.683. The molecule has 0 aromatic carbocycles. The van der Waals surface area contributed by atoms with Crippen molar-refractivity contribution in [3.05, 3.63) is 72.0 Å². The van der Waals surface area contributed by atoms with E-state index in [2.05, 4.69) is 4.98 Å². The molecule has 18 nitrogen and oxygen atoms in total. The van der Waals surface area contributed by atoms with E-state index >= 15 is 0 Å². The number of Topliss-reactive ketones (excluding diaryl/α,β-unsaturated/α-hetero) is 3. The predicted molar refractivity (Wildman–Crippen MR) is 304 cm³/mol. The number of pyridine rings is 1. The van der Waals surface area contributed by atoms with Crippen molar-refractivity contribution < 1.29 is 77.2 Å². The number of allylic oxidation sites excluding steroid dienone is 6. The topological polar surface area (TPSA) is 244 Å². The molecule has 2 saturated heterocycles. The minimum atomic E-state index is -2.46. The van der Waals surface area contributed by atoms with Crippen molar-refractivity contribution in [2.24, 2.45) is 35.5 Å². The van der Waals surface area contributed by atoms with E-state index in [0.717, 1.165) is 10.6 Å². The Morgan fingerprint density at radius 1 is 0.863 bits per heavy atom. The second-order valence-corrected chi connectivity index (χ2v) is 24.7. The SMILES string of the molecule is CO[C@H]1C[C@@H]2CC[C@@H](C)[C@@](O)(O2)C(=O)C(=O)N2CCCC[C@H]2C(=O)O[C@H]([C@H](C)C[C@@H]2CC[C@@H](OCCOC(=O)OCCSSc3ccccn3)[C@H](OC)C2)CC(=O)[C@H](C)/C=C(\C)[C@@H](O)[C@@H](O)C(=O)[C@H](C)C[C@H](C)/C=C/C=CC=C1C. The van der Waals surface area contributed by atoms with Crippen LogP contribution < -0.4 is 0 Å². The lowest BCUT2D eigenvalue weighted by Gasteiger charge is -2.42. The number of aliphatic hydroxyl groups is 3. The summed E-state index contributed by atoms with van der Waals surface area (Å²) in [5, 5.41) is 35.3. The fourth-order valence-electron chi connectivity index (χ4n) is 11.1. The third-order valence-corrected chi connectivity index (χ3v) is 18.3. The number of nitrogens with zero attached hydrogens (tertiary/aromatic N) is 2. The molecule has 15 atom stereocenters. The number of ether oxygens (including phenoxy) is 7. The molecule has 3 aliphatic heterocycles. The molecule has 0 unspecified atom stereocenters.